The molecule has 1 aliphatic rings. The van der Waals surface area contributed by atoms with E-state index in [9.17, 15) is 4.79 Å². The minimum Gasteiger partial charge on any atom is -0.378 e. The number of para-hydroxylation sites is 1. The number of carbonyl (C=O) groups is 1. The molecule has 1 fully saturated rings. The summed E-state index contributed by atoms with van der Waals surface area (Å²) in [4.78, 5) is 14.7. The number of nitrogens with zero attached hydrogens (tertiary/aromatic N) is 4. The van der Waals surface area contributed by atoms with Gasteiger partial charge in [0.15, 0.2) is 5.16 Å². The quantitative estimate of drug-likeness (QED) is 0.758. The molecule has 0 unspecified atom stereocenters. The lowest BCUT2D eigenvalue weighted by Gasteiger charge is -2.27. The smallest absolute Gasteiger partial charge is 0.237 e. The van der Waals surface area contributed by atoms with Crippen molar-refractivity contribution in [3.05, 3.63) is 29.3 Å². The largest absolute Gasteiger partial charge is 0.378 e. The second-order valence-corrected chi connectivity index (χ2v) is 7.57. The molecular formula is C17H22ClN5O2S. The SMILES string of the molecule is CCn1c(S[C@H](C)C(=O)Nc2ccccc2Cl)nnc1N1CCOCC1. The van der Waals surface area contributed by atoms with Crippen LogP contribution >= 0.6 is 23.4 Å². The van der Waals surface area contributed by atoms with Crippen molar-refractivity contribution in [1.82, 2.24) is 14.8 Å². The lowest BCUT2D eigenvalue weighted by molar-refractivity contribution is -0.115. The van der Waals surface area contributed by atoms with E-state index in [2.05, 4.69) is 20.4 Å². The molecule has 1 amide bonds. The molecule has 0 aliphatic carbocycles. The number of nitrogens with one attached hydrogen (secondary N) is 1. The van der Waals surface area contributed by atoms with Crippen LogP contribution in [0.4, 0.5) is 11.6 Å². The molecule has 9 heteroatoms. The number of benzene rings is 1. The molecular weight excluding hydrogens is 374 g/mol. The molecule has 1 atom stereocenters. The highest BCUT2D eigenvalue weighted by atomic mass is 35.5. The maximum Gasteiger partial charge on any atom is 0.237 e. The lowest BCUT2D eigenvalue weighted by Crippen LogP contribution is -2.38. The average Bonchev–Trinajstić information content (AvgIpc) is 3.06. The molecule has 1 aromatic heterocycles. The molecule has 1 saturated heterocycles. The van der Waals surface area contributed by atoms with Gasteiger partial charge >= 0.3 is 0 Å². The normalized spacial score (nSPS) is 15.7. The molecule has 0 saturated carbocycles. The van der Waals surface area contributed by atoms with Crippen LogP contribution in [0.15, 0.2) is 29.4 Å². The molecule has 1 N–H and O–H groups in total. The summed E-state index contributed by atoms with van der Waals surface area (Å²) < 4.78 is 7.43. The van der Waals surface area contributed by atoms with Crippen LogP contribution in [0.2, 0.25) is 5.02 Å². The van der Waals surface area contributed by atoms with Gasteiger partial charge in [-0.05, 0) is 26.0 Å². The Bertz CT molecular complexity index is 763. The van der Waals surface area contributed by atoms with Crippen molar-refractivity contribution < 1.29 is 9.53 Å². The molecule has 7 nitrogen and oxygen atoms in total. The summed E-state index contributed by atoms with van der Waals surface area (Å²) in [5, 5.41) is 12.4. The predicted molar refractivity (Wildman–Crippen MR) is 104 cm³/mol. The number of morpholine rings is 1. The highest BCUT2D eigenvalue weighted by molar-refractivity contribution is 8.00. The van der Waals surface area contributed by atoms with Crippen molar-refractivity contribution in [2.75, 3.05) is 36.5 Å². The molecule has 0 spiro atoms. The van der Waals surface area contributed by atoms with E-state index in [1.54, 1.807) is 12.1 Å². The summed E-state index contributed by atoms with van der Waals surface area (Å²) in [6, 6.07) is 7.19. The lowest BCUT2D eigenvalue weighted by atomic mass is 10.3. The fourth-order valence-corrected chi connectivity index (χ4v) is 3.74. The van der Waals surface area contributed by atoms with Crippen LogP contribution in [0, 0.1) is 0 Å². The van der Waals surface area contributed by atoms with Gasteiger partial charge in [0, 0.05) is 19.6 Å². The Morgan fingerprint density at radius 2 is 2.08 bits per heavy atom. The van der Waals surface area contributed by atoms with Gasteiger partial charge in [-0.3, -0.25) is 9.36 Å². The van der Waals surface area contributed by atoms with Crippen molar-refractivity contribution >= 4 is 40.9 Å². The summed E-state index contributed by atoms with van der Waals surface area (Å²) in [5.74, 6) is 0.707. The van der Waals surface area contributed by atoms with E-state index in [1.165, 1.54) is 11.8 Å². The molecule has 2 aromatic rings. The number of aromatic nitrogens is 3. The van der Waals surface area contributed by atoms with Crippen LogP contribution in [-0.4, -0.2) is 52.2 Å². The Labute approximate surface area is 162 Å². The molecule has 1 aromatic carbocycles. The van der Waals surface area contributed by atoms with Crippen molar-refractivity contribution in [3.63, 3.8) is 0 Å². The summed E-state index contributed by atoms with van der Waals surface area (Å²) >= 11 is 7.50. The Balaban J connectivity index is 1.68. The average molecular weight is 396 g/mol. The first-order chi connectivity index (χ1) is 12.6. The Kier molecular flexibility index (Phi) is 6.39. The van der Waals surface area contributed by atoms with Crippen molar-refractivity contribution in [2.45, 2.75) is 30.8 Å². The van der Waals surface area contributed by atoms with Gasteiger partial charge in [0.25, 0.3) is 0 Å². The third-order valence-corrected chi connectivity index (χ3v) is 5.50. The van der Waals surface area contributed by atoms with E-state index in [-0.39, 0.29) is 11.2 Å². The van der Waals surface area contributed by atoms with Crippen LogP contribution in [0.3, 0.4) is 0 Å². The van der Waals surface area contributed by atoms with E-state index in [0.717, 1.165) is 30.7 Å². The van der Waals surface area contributed by atoms with Crippen molar-refractivity contribution in [1.29, 1.82) is 0 Å². The zero-order valence-corrected chi connectivity index (χ0v) is 16.4. The van der Waals surface area contributed by atoms with Crippen molar-refractivity contribution in [2.24, 2.45) is 0 Å². The van der Waals surface area contributed by atoms with E-state index in [0.29, 0.717) is 23.9 Å². The number of carbonyl (C=O) groups excluding carboxylic acids is 1. The summed E-state index contributed by atoms with van der Waals surface area (Å²) in [6.07, 6.45) is 0. The van der Waals surface area contributed by atoms with E-state index >= 15 is 0 Å². The molecule has 3 rings (SSSR count). The topological polar surface area (TPSA) is 72.3 Å². The number of rotatable bonds is 6. The third kappa shape index (κ3) is 4.31. The van der Waals surface area contributed by atoms with E-state index in [4.69, 9.17) is 16.3 Å². The monoisotopic (exact) mass is 395 g/mol. The first-order valence-corrected chi connectivity index (χ1v) is 9.84. The van der Waals surface area contributed by atoms with Gasteiger partial charge in [-0.2, -0.15) is 0 Å². The Morgan fingerprint density at radius 1 is 1.35 bits per heavy atom. The van der Waals surface area contributed by atoms with Gasteiger partial charge in [0.1, 0.15) is 0 Å². The van der Waals surface area contributed by atoms with Gasteiger partial charge in [0.2, 0.25) is 11.9 Å². The van der Waals surface area contributed by atoms with Gasteiger partial charge in [-0.25, -0.2) is 0 Å². The van der Waals surface area contributed by atoms with Crippen molar-refractivity contribution in [3.8, 4) is 0 Å². The second kappa shape index (κ2) is 8.75. The highest BCUT2D eigenvalue weighted by Crippen LogP contribution is 2.27. The maximum absolute atomic E-state index is 12.5. The maximum atomic E-state index is 12.5. The molecule has 140 valence electrons. The van der Waals surface area contributed by atoms with Crippen LogP contribution < -0.4 is 10.2 Å². The van der Waals surface area contributed by atoms with Gasteiger partial charge < -0.3 is 15.0 Å². The number of amides is 1. The number of hydrogen-bond donors (Lipinski definition) is 1. The van der Waals surface area contributed by atoms with Gasteiger partial charge in [-0.1, -0.05) is 35.5 Å². The van der Waals surface area contributed by atoms with Crippen LogP contribution in [0.1, 0.15) is 13.8 Å². The molecule has 0 bridgehead atoms. The van der Waals surface area contributed by atoms with E-state index in [1.807, 2.05) is 30.5 Å². The molecule has 1 aliphatic heterocycles. The first kappa shape index (κ1) is 19.0. The second-order valence-electron chi connectivity index (χ2n) is 5.86. The minimum atomic E-state index is -0.335. The molecule has 0 radical (unpaired) electrons. The fourth-order valence-electron chi connectivity index (χ4n) is 2.65. The zero-order chi connectivity index (χ0) is 18.5. The number of ether oxygens (including phenoxy) is 1. The summed E-state index contributed by atoms with van der Waals surface area (Å²) in [7, 11) is 0. The third-order valence-electron chi connectivity index (χ3n) is 4.09. The van der Waals surface area contributed by atoms with Gasteiger partial charge in [0.05, 0.1) is 29.2 Å². The van der Waals surface area contributed by atoms with Crippen LogP contribution in [-0.2, 0) is 16.1 Å². The van der Waals surface area contributed by atoms with Crippen LogP contribution in [0.5, 0.6) is 0 Å². The van der Waals surface area contributed by atoms with Crippen LogP contribution in [0.25, 0.3) is 0 Å². The fraction of sp³-hybridized carbons (Fsp3) is 0.471. The summed E-state index contributed by atoms with van der Waals surface area (Å²) in [6.45, 7) is 7.61. The van der Waals surface area contributed by atoms with Gasteiger partial charge in [-0.15, -0.1) is 10.2 Å². The molecule has 26 heavy (non-hydrogen) atoms. The molecule has 2 heterocycles. The Morgan fingerprint density at radius 3 is 2.77 bits per heavy atom. The summed E-state index contributed by atoms with van der Waals surface area (Å²) in [5.41, 5.74) is 0.609. The number of hydrogen-bond acceptors (Lipinski definition) is 6. The zero-order valence-electron chi connectivity index (χ0n) is 14.8. The van der Waals surface area contributed by atoms with E-state index < -0.39 is 0 Å². The minimum absolute atomic E-state index is 0.123. The standard InChI is InChI=1S/C17H22ClN5O2S/c1-3-23-16(22-8-10-25-11-9-22)20-21-17(23)26-12(2)15(24)19-14-7-5-4-6-13(14)18/h4-7,12H,3,8-11H2,1-2H3,(H,19,24)/t12-/m1/s1. The first-order valence-electron chi connectivity index (χ1n) is 8.58. The Hall–Kier alpha value is -1.77. The predicted octanol–water partition coefficient (Wildman–Crippen LogP) is 2.91. The highest BCUT2D eigenvalue weighted by Gasteiger charge is 2.23. The number of anilines is 2. The number of thioether (sulfide) groups is 1. The number of halogens is 1.